The summed E-state index contributed by atoms with van der Waals surface area (Å²) in [6.45, 7) is 5.46. The monoisotopic (exact) mass is 402 g/mol. The number of benzene rings is 1. The minimum Gasteiger partial charge on any atom is -0.344 e. The van der Waals surface area contributed by atoms with Gasteiger partial charge in [0.05, 0.1) is 0 Å². The Labute approximate surface area is 173 Å². The van der Waals surface area contributed by atoms with E-state index in [4.69, 9.17) is 11.6 Å². The van der Waals surface area contributed by atoms with Crippen molar-refractivity contribution in [1.82, 2.24) is 10.2 Å². The van der Waals surface area contributed by atoms with Crippen molar-refractivity contribution in [2.45, 2.75) is 57.9 Å². The molecule has 2 atom stereocenters. The number of halogens is 1. The summed E-state index contributed by atoms with van der Waals surface area (Å²) in [5, 5.41) is 3.76. The average Bonchev–Trinajstić information content (AvgIpc) is 3.19. The lowest BCUT2D eigenvalue weighted by atomic mass is 9.89. The largest absolute Gasteiger partial charge is 0.344 e. The summed E-state index contributed by atoms with van der Waals surface area (Å²) in [5.74, 6) is 0.893. The molecule has 1 fully saturated rings. The van der Waals surface area contributed by atoms with Crippen LogP contribution in [0.4, 0.5) is 0 Å². The van der Waals surface area contributed by atoms with Crippen LogP contribution >= 0.6 is 11.6 Å². The molecule has 1 N–H and O–H groups in total. The second-order valence-corrected chi connectivity index (χ2v) is 8.85. The first-order valence-corrected chi connectivity index (χ1v) is 10.8. The molecule has 152 valence electrons. The zero-order chi connectivity index (χ0) is 20.1. The molecule has 1 aromatic rings. The van der Waals surface area contributed by atoms with E-state index < -0.39 is 6.04 Å². The van der Waals surface area contributed by atoms with Crippen molar-refractivity contribution in [2.24, 2.45) is 11.8 Å². The zero-order valence-electron chi connectivity index (χ0n) is 16.9. The quantitative estimate of drug-likeness (QED) is 0.710. The van der Waals surface area contributed by atoms with Crippen LogP contribution in [0.5, 0.6) is 0 Å². The van der Waals surface area contributed by atoms with Gasteiger partial charge in [0.25, 0.3) is 0 Å². The van der Waals surface area contributed by atoms with Gasteiger partial charge in [0.2, 0.25) is 11.8 Å². The molecule has 4 nitrogen and oxygen atoms in total. The van der Waals surface area contributed by atoms with Crippen LogP contribution in [0.3, 0.4) is 0 Å². The van der Waals surface area contributed by atoms with Crippen LogP contribution in [0.1, 0.15) is 57.4 Å². The molecule has 5 heteroatoms. The van der Waals surface area contributed by atoms with Gasteiger partial charge >= 0.3 is 0 Å². The number of amides is 2. The van der Waals surface area contributed by atoms with Crippen molar-refractivity contribution in [3.05, 3.63) is 47.0 Å². The van der Waals surface area contributed by atoms with Gasteiger partial charge in [-0.15, -0.1) is 0 Å². The molecule has 3 rings (SSSR count). The normalized spacial score (nSPS) is 21.1. The fourth-order valence-corrected chi connectivity index (χ4v) is 4.34. The van der Waals surface area contributed by atoms with Crippen LogP contribution < -0.4 is 5.32 Å². The first kappa shape index (κ1) is 20.9. The van der Waals surface area contributed by atoms with Crippen molar-refractivity contribution in [1.29, 1.82) is 0 Å². The van der Waals surface area contributed by atoms with Gasteiger partial charge in [-0.2, -0.15) is 0 Å². The van der Waals surface area contributed by atoms with Crippen LogP contribution in [-0.4, -0.2) is 35.8 Å². The molecule has 1 heterocycles. The maximum absolute atomic E-state index is 13.1. The Morgan fingerprint density at radius 2 is 1.82 bits per heavy atom. The number of nitrogens with zero attached hydrogens (tertiary/aromatic N) is 1. The Hall–Kier alpha value is -1.81. The summed E-state index contributed by atoms with van der Waals surface area (Å²) in [6, 6.07) is 7.58. The van der Waals surface area contributed by atoms with Gasteiger partial charge in [0.1, 0.15) is 6.04 Å². The highest BCUT2D eigenvalue weighted by molar-refractivity contribution is 6.30. The average molecular weight is 403 g/mol. The first-order valence-electron chi connectivity index (χ1n) is 10.4. The summed E-state index contributed by atoms with van der Waals surface area (Å²) < 4.78 is 0. The third-order valence-corrected chi connectivity index (χ3v) is 6.21. The van der Waals surface area contributed by atoms with Gasteiger partial charge in [0.15, 0.2) is 0 Å². The molecule has 1 aliphatic heterocycles. The maximum Gasteiger partial charge on any atom is 0.245 e. The van der Waals surface area contributed by atoms with E-state index in [9.17, 15) is 9.59 Å². The number of allylic oxidation sites excluding steroid dienone is 2. The Bertz CT molecular complexity index is 706. The smallest absolute Gasteiger partial charge is 0.245 e. The molecule has 0 aromatic heterocycles. The highest BCUT2D eigenvalue weighted by Gasteiger charge is 2.31. The fourth-order valence-electron chi connectivity index (χ4n) is 4.21. The van der Waals surface area contributed by atoms with E-state index in [1.807, 2.05) is 30.9 Å². The van der Waals surface area contributed by atoms with Gasteiger partial charge in [-0.3, -0.25) is 9.59 Å². The summed E-state index contributed by atoms with van der Waals surface area (Å²) in [7, 11) is 0. The summed E-state index contributed by atoms with van der Waals surface area (Å²) in [5.41, 5.74) is 1.29. The molecule has 1 aromatic carbocycles. The molecule has 1 unspecified atom stereocenters. The number of rotatable bonds is 6. The highest BCUT2D eigenvalue weighted by Crippen LogP contribution is 2.29. The Balaban J connectivity index is 1.54. The maximum atomic E-state index is 13.1. The van der Waals surface area contributed by atoms with E-state index in [0.29, 0.717) is 18.3 Å². The predicted molar refractivity (Wildman–Crippen MR) is 113 cm³/mol. The Kier molecular flexibility index (Phi) is 7.17. The van der Waals surface area contributed by atoms with E-state index in [-0.39, 0.29) is 17.7 Å². The van der Waals surface area contributed by atoms with Crippen LogP contribution in [-0.2, 0) is 9.59 Å². The molecule has 0 saturated carbocycles. The van der Waals surface area contributed by atoms with Gasteiger partial charge in [0, 0.05) is 24.5 Å². The summed E-state index contributed by atoms with van der Waals surface area (Å²) in [4.78, 5) is 27.4. The molecule has 0 spiro atoms. The number of hydrogen-bond acceptors (Lipinski definition) is 2. The second kappa shape index (κ2) is 9.60. The Morgan fingerprint density at radius 3 is 2.39 bits per heavy atom. The highest BCUT2D eigenvalue weighted by atomic mass is 35.5. The standard InChI is InChI=1S/C23H31ClN2O2/c1-16(2)22(25-21(27)15-17-5-3-4-6-17)23(28)26-13-11-19(12-14-26)18-7-9-20(24)10-8-18/h3,5,7-10,16-17,19,22H,4,6,11-15H2,1-2H3,(H,25,27)/t17?,22-/m1/s1. The van der Waals surface area contributed by atoms with Crippen molar-refractivity contribution in [3.8, 4) is 0 Å². The van der Waals surface area contributed by atoms with Crippen molar-refractivity contribution < 1.29 is 9.59 Å². The van der Waals surface area contributed by atoms with Crippen LogP contribution in [0.25, 0.3) is 0 Å². The van der Waals surface area contributed by atoms with Gasteiger partial charge < -0.3 is 10.2 Å². The minimum absolute atomic E-state index is 0.0142. The molecule has 0 radical (unpaired) electrons. The lowest BCUT2D eigenvalue weighted by Crippen LogP contribution is -2.53. The zero-order valence-corrected chi connectivity index (χ0v) is 17.6. The van der Waals surface area contributed by atoms with E-state index in [1.54, 1.807) is 0 Å². The lowest BCUT2D eigenvalue weighted by molar-refractivity contribution is -0.138. The van der Waals surface area contributed by atoms with Gasteiger partial charge in [-0.1, -0.05) is 49.7 Å². The summed E-state index contributed by atoms with van der Waals surface area (Å²) >= 11 is 5.98. The minimum atomic E-state index is -0.440. The molecule has 2 amide bonds. The third-order valence-electron chi connectivity index (χ3n) is 5.96. The van der Waals surface area contributed by atoms with Gasteiger partial charge in [-0.25, -0.2) is 0 Å². The number of nitrogens with one attached hydrogen (secondary N) is 1. The van der Waals surface area contributed by atoms with E-state index in [1.165, 1.54) is 5.56 Å². The van der Waals surface area contributed by atoms with Gasteiger partial charge in [-0.05, 0) is 61.1 Å². The first-order chi connectivity index (χ1) is 13.4. The van der Waals surface area contributed by atoms with Crippen LogP contribution in [0.2, 0.25) is 5.02 Å². The predicted octanol–water partition coefficient (Wildman–Crippen LogP) is 4.54. The lowest BCUT2D eigenvalue weighted by Gasteiger charge is -2.35. The molecule has 1 aliphatic carbocycles. The third kappa shape index (κ3) is 5.38. The number of hydrogen-bond donors (Lipinski definition) is 1. The molecule has 28 heavy (non-hydrogen) atoms. The SMILES string of the molecule is CC(C)[C@@H](NC(=O)CC1C=CCC1)C(=O)N1CCC(c2ccc(Cl)cc2)CC1. The fraction of sp³-hybridized carbons (Fsp3) is 0.565. The molecular formula is C23H31ClN2O2. The number of likely N-dealkylation sites (tertiary alicyclic amines) is 1. The van der Waals surface area contributed by atoms with Crippen molar-refractivity contribution >= 4 is 23.4 Å². The number of carbonyl (C=O) groups excluding carboxylic acids is 2. The molecule has 2 aliphatic rings. The molecule has 0 bridgehead atoms. The van der Waals surface area contributed by atoms with Crippen LogP contribution in [0.15, 0.2) is 36.4 Å². The molecule has 1 saturated heterocycles. The van der Waals surface area contributed by atoms with E-state index >= 15 is 0 Å². The van der Waals surface area contributed by atoms with E-state index in [0.717, 1.165) is 43.8 Å². The topological polar surface area (TPSA) is 49.4 Å². The van der Waals surface area contributed by atoms with Crippen molar-refractivity contribution in [3.63, 3.8) is 0 Å². The second-order valence-electron chi connectivity index (χ2n) is 8.41. The van der Waals surface area contributed by atoms with E-state index in [2.05, 4.69) is 29.6 Å². The number of piperidine rings is 1. The molecular weight excluding hydrogens is 372 g/mol. The van der Waals surface area contributed by atoms with Crippen LogP contribution in [0, 0.1) is 11.8 Å². The van der Waals surface area contributed by atoms with Crippen molar-refractivity contribution in [2.75, 3.05) is 13.1 Å². The Morgan fingerprint density at radius 1 is 1.14 bits per heavy atom. The number of carbonyl (C=O) groups is 2. The summed E-state index contributed by atoms with van der Waals surface area (Å²) in [6.07, 6.45) is 8.70.